The van der Waals surface area contributed by atoms with Crippen LogP contribution >= 0.6 is 0 Å². The molecular weight excluding hydrogens is 516 g/mol. The number of imidazole rings is 1. The summed E-state index contributed by atoms with van der Waals surface area (Å²) in [6, 6.07) is 20.5. The molecule has 3 N–H and O–H groups in total. The lowest BCUT2D eigenvalue weighted by atomic mass is 9.98. The summed E-state index contributed by atoms with van der Waals surface area (Å²) in [6.07, 6.45) is 11.1. The number of non-ortho nitro benzene ring substituents is 1. The predicted octanol–water partition coefficient (Wildman–Crippen LogP) is 6.41. The molecule has 9 heteroatoms. The van der Waals surface area contributed by atoms with E-state index in [1.165, 1.54) is 37.0 Å². The number of nitro groups is 1. The molecule has 1 aromatic heterocycles. The van der Waals surface area contributed by atoms with Crippen LogP contribution in [-0.4, -0.2) is 38.8 Å². The number of nitrogens with zero attached hydrogens (tertiary/aromatic N) is 3. The van der Waals surface area contributed by atoms with Crippen LogP contribution in [0.15, 0.2) is 79.3 Å². The van der Waals surface area contributed by atoms with E-state index in [2.05, 4.69) is 37.6 Å². The Morgan fingerprint density at radius 2 is 1.78 bits per heavy atom. The summed E-state index contributed by atoms with van der Waals surface area (Å²) < 4.78 is 0. The summed E-state index contributed by atoms with van der Waals surface area (Å²) in [6.45, 7) is 3.12. The number of anilines is 2. The van der Waals surface area contributed by atoms with E-state index in [9.17, 15) is 14.9 Å². The molecule has 0 saturated carbocycles. The van der Waals surface area contributed by atoms with Gasteiger partial charge in [-0.25, -0.2) is 4.98 Å². The van der Waals surface area contributed by atoms with Gasteiger partial charge in [-0.15, -0.1) is 0 Å². The van der Waals surface area contributed by atoms with E-state index in [4.69, 9.17) is 0 Å². The minimum atomic E-state index is -0.446. The molecule has 2 aliphatic heterocycles. The second-order valence-corrected chi connectivity index (χ2v) is 10.3. The van der Waals surface area contributed by atoms with Crippen molar-refractivity contribution in [1.82, 2.24) is 14.9 Å². The van der Waals surface area contributed by atoms with E-state index in [1.807, 2.05) is 54.7 Å². The van der Waals surface area contributed by atoms with Crippen LogP contribution in [0.3, 0.4) is 0 Å². The smallest absolute Gasteiger partial charge is 0.270 e. The summed E-state index contributed by atoms with van der Waals surface area (Å²) in [4.78, 5) is 34.0. The molecule has 0 unspecified atom stereocenters. The number of carbonyl (C=O) groups is 1. The number of H-pyrrole nitrogens is 1. The lowest BCUT2D eigenvalue weighted by Crippen LogP contribution is -2.29. The third kappa shape index (κ3) is 5.95. The Balaban J connectivity index is 1.35. The highest BCUT2D eigenvalue weighted by molar-refractivity contribution is 6.37. The quantitative estimate of drug-likeness (QED) is 0.134. The number of amides is 1. The molecule has 3 aromatic carbocycles. The SMILES string of the molecule is O=C1Nc2ccc([N+](=O)[O-])cc2C1=C(Nc1ccc(C=Cc2c[nH]cn2)cc1)c1ccc(CN2CCCCC2)cc1. The first-order valence-electron chi connectivity index (χ1n) is 13.7. The fourth-order valence-electron chi connectivity index (χ4n) is 5.31. The molecule has 0 atom stereocenters. The lowest BCUT2D eigenvalue weighted by molar-refractivity contribution is -0.384. The third-order valence-corrected chi connectivity index (χ3v) is 7.45. The average Bonchev–Trinajstić information content (AvgIpc) is 3.63. The molecule has 1 fully saturated rings. The maximum absolute atomic E-state index is 13.3. The molecule has 0 spiro atoms. The molecule has 9 nitrogen and oxygen atoms in total. The van der Waals surface area contributed by atoms with Crippen LogP contribution in [0.1, 0.15) is 47.2 Å². The molecule has 0 bridgehead atoms. The largest absolute Gasteiger partial charge is 0.354 e. The molecule has 2 aliphatic rings. The van der Waals surface area contributed by atoms with Crippen LogP contribution in [0.5, 0.6) is 0 Å². The van der Waals surface area contributed by atoms with Gasteiger partial charge >= 0.3 is 0 Å². The van der Waals surface area contributed by atoms with E-state index in [0.717, 1.165) is 42.1 Å². The molecule has 206 valence electrons. The number of aromatic nitrogens is 2. The molecule has 41 heavy (non-hydrogen) atoms. The molecule has 1 amide bonds. The number of nitro benzene ring substituents is 1. The molecular formula is C32H30N6O3. The number of fused-ring (bicyclic) bond motifs is 1. The van der Waals surface area contributed by atoms with Crippen molar-refractivity contribution in [1.29, 1.82) is 0 Å². The van der Waals surface area contributed by atoms with Gasteiger partial charge in [-0.2, -0.15) is 0 Å². The van der Waals surface area contributed by atoms with Gasteiger partial charge in [0.15, 0.2) is 0 Å². The highest BCUT2D eigenvalue weighted by Crippen LogP contribution is 2.39. The molecule has 6 rings (SSSR count). The lowest BCUT2D eigenvalue weighted by Gasteiger charge is -2.26. The van der Waals surface area contributed by atoms with Gasteiger partial charge in [-0.1, -0.05) is 48.9 Å². The van der Waals surface area contributed by atoms with Gasteiger partial charge < -0.3 is 15.6 Å². The maximum Gasteiger partial charge on any atom is 0.270 e. The van der Waals surface area contributed by atoms with Gasteiger partial charge in [0.05, 0.1) is 28.2 Å². The number of nitrogens with one attached hydrogen (secondary N) is 3. The first-order valence-corrected chi connectivity index (χ1v) is 13.7. The van der Waals surface area contributed by atoms with Gasteiger partial charge in [0, 0.05) is 41.8 Å². The van der Waals surface area contributed by atoms with Crippen LogP contribution in [0, 0.1) is 10.1 Å². The normalized spacial score (nSPS) is 16.4. The number of hydrogen-bond acceptors (Lipinski definition) is 6. The third-order valence-electron chi connectivity index (χ3n) is 7.45. The predicted molar refractivity (Wildman–Crippen MR) is 162 cm³/mol. The first-order chi connectivity index (χ1) is 20.0. The Kier molecular flexibility index (Phi) is 7.42. The number of benzene rings is 3. The number of hydrogen-bond donors (Lipinski definition) is 3. The van der Waals surface area contributed by atoms with Gasteiger partial charge in [0.25, 0.3) is 11.6 Å². The van der Waals surface area contributed by atoms with Gasteiger partial charge in [-0.3, -0.25) is 19.8 Å². The number of piperidine rings is 1. The summed E-state index contributed by atoms with van der Waals surface area (Å²) in [7, 11) is 0. The van der Waals surface area contributed by atoms with E-state index in [1.54, 1.807) is 12.4 Å². The molecule has 3 heterocycles. The van der Waals surface area contributed by atoms with Crippen molar-refractivity contribution >= 4 is 46.4 Å². The van der Waals surface area contributed by atoms with Crippen LogP contribution in [0.25, 0.3) is 23.4 Å². The monoisotopic (exact) mass is 546 g/mol. The molecule has 0 aliphatic carbocycles. The Morgan fingerprint density at radius 3 is 2.49 bits per heavy atom. The van der Waals surface area contributed by atoms with Gasteiger partial charge in [-0.05, 0) is 66.9 Å². The van der Waals surface area contributed by atoms with Crippen molar-refractivity contribution < 1.29 is 9.72 Å². The molecule has 0 radical (unpaired) electrons. The molecule has 1 saturated heterocycles. The van der Waals surface area contributed by atoms with E-state index >= 15 is 0 Å². The van der Waals surface area contributed by atoms with Crippen molar-refractivity contribution in [2.24, 2.45) is 0 Å². The second-order valence-electron chi connectivity index (χ2n) is 10.3. The van der Waals surface area contributed by atoms with Gasteiger partial charge in [0.2, 0.25) is 0 Å². The number of carbonyl (C=O) groups excluding carboxylic acids is 1. The number of aromatic amines is 1. The zero-order valence-electron chi connectivity index (χ0n) is 22.5. The van der Waals surface area contributed by atoms with Gasteiger partial charge in [0.1, 0.15) is 0 Å². The average molecular weight is 547 g/mol. The zero-order chi connectivity index (χ0) is 28.2. The Morgan fingerprint density at radius 1 is 1.00 bits per heavy atom. The highest BCUT2D eigenvalue weighted by atomic mass is 16.6. The summed E-state index contributed by atoms with van der Waals surface area (Å²) in [5.41, 5.74) is 6.59. The summed E-state index contributed by atoms with van der Waals surface area (Å²) >= 11 is 0. The minimum Gasteiger partial charge on any atom is -0.354 e. The fraction of sp³-hybridized carbons (Fsp3) is 0.188. The van der Waals surface area contributed by atoms with Crippen molar-refractivity contribution in [2.75, 3.05) is 23.7 Å². The number of likely N-dealkylation sites (tertiary alicyclic amines) is 1. The zero-order valence-corrected chi connectivity index (χ0v) is 22.5. The topological polar surface area (TPSA) is 116 Å². The summed E-state index contributed by atoms with van der Waals surface area (Å²) in [5, 5.41) is 17.9. The Hall–Kier alpha value is -5.02. The fourth-order valence-corrected chi connectivity index (χ4v) is 5.31. The Bertz CT molecular complexity index is 1620. The highest BCUT2D eigenvalue weighted by Gasteiger charge is 2.30. The Labute approximate surface area is 237 Å². The van der Waals surface area contributed by atoms with Crippen molar-refractivity contribution in [2.45, 2.75) is 25.8 Å². The standard InChI is InChI=1S/C32H30N6O3/c39-32-30(28-18-27(38(40)41)14-15-29(28)36-32)31(24-9-4-23(5-10-24)20-37-16-2-1-3-17-37)35-25-11-6-22(7-12-25)8-13-26-19-33-21-34-26/h4-15,18-19,21,35H,1-3,16-17,20H2,(H,33,34)(H,36,39). The van der Waals surface area contributed by atoms with E-state index in [0.29, 0.717) is 22.5 Å². The van der Waals surface area contributed by atoms with Crippen LogP contribution in [0.4, 0.5) is 17.1 Å². The van der Waals surface area contributed by atoms with Crippen LogP contribution < -0.4 is 10.6 Å². The van der Waals surface area contributed by atoms with E-state index < -0.39 is 4.92 Å². The van der Waals surface area contributed by atoms with Crippen molar-refractivity contribution in [3.8, 4) is 0 Å². The van der Waals surface area contributed by atoms with Crippen molar-refractivity contribution in [3.63, 3.8) is 0 Å². The minimum absolute atomic E-state index is 0.0676. The first kappa shape index (κ1) is 26.2. The van der Waals surface area contributed by atoms with E-state index in [-0.39, 0.29) is 11.6 Å². The molecule has 4 aromatic rings. The summed E-state index contributed by atoms with van der Waals surface area (Å²) in [5.74, 6) is -0.307. The van der Waals surface area contributed by atoms with Crippen molar-refractivity contribution in [3.05, 3.63) is 117 Å². The van der Waals surface area contributed by atoms with Crippen LogP contribution in [-0.2, 0) is 11.3 Å². The number of rotatable bonds is 8. The maximum atomic E-state index is 13.3. The van der Waals surface area contributed by atoms with Crippen LogP contribution in [0.2, 0.25) is 0 Å². The second kappa shape index (κ2) is 11.6.